The number of nitrogens with one attached hydrogen (secondary N) is 4. The summed E-state index contributed by atoms with van der Waals surface area (Å²) in [4.78, 5) is 49.7. The first kappa shape index (κ1) is 47.8. The molecule has 4 unspecified atom stereocenters. The molecule has 2 fully saturated rings. The van der Waals surface area contributed by atoms with Gasteiger partial charge in [-0.15, -0.1) is 0 Å². The first-order chi connectivity index (χ1) is 27.7. The Morgan fingerprint density at radius 2 is 1.00 bits per heavy atom. The van der Waals surface area contributed by atoms with E-state index in [0.717, 1.165) is 43.2 Å². The van der Waals surface area contributed by atoms with Gasteiger partial charge in [0.25, 0.3) is 11.4 Å². The van der Waals surface area contributed by atoms with E-state index in [0.29, 0.717) is 9.79 Å². The number of aliphatic hydroxyl groups excluding tert-OH is 8. The number of para-hydroxylation sites is 2. The molecule has 2 aliphatic rings. The lowest BCUT2D eigenvalue weighted by Crippen LogP contribution is -2.66. The van der Waals surface area contributed by atoms with E-state index >= 15 is 0 Å². The SMILES string of the molecule is O=C(NC1C(O)O[C@H](CO)[C@@H](O)[C@@H]1O)[C@H](CSSc1ccccc1[N+](=O)[O-])NCCN[C@@H](CSSc1ccccc1[N+](=O)[O-])C(=O)NC1C(O)O[C@H](CO)[C@@H](O)[C@@H]1O. The summed E-state index contributed by atoms with van der Waals surface area (Å²) in [6, 6.07) is 6.56. The maximum Gasteiger partial charge on any atom is 0.283 e. The number of carbonyl (C=O) groups is 2. The van der Waals surface area contributed by atoms with Crippen LogP contribution in [0.15, 0.2) is 58.3 Å². The Kier molecular flexibility index (Phi) is 19.1. The second-order valence-electron chi connectivity index (χ2n) is 12.7. The molecule has 2 aromatic carbocycles. The van der Waals surface area contributed by atoms with E-state index in [1.54, 1.807) is 12.1 Å². The average Bonchev–Trinajstić information content (AvgIpc) is 3.20. The van der Waals surface area contributed by atoms with Crippen molar-refractivity contribution in [2.75, 3.05) is 37.8 Å². The van der Waals surface area contributed by atoms with Gasteiger partial charge in [0, 0.05) is 36.7 Å². The molecule has 322 valence electrons. The number of nitrogens with zero attached hydrogens (tertiary/aromatic N) is 2. The molecule has 12 N–H and O–H groups in total. The van der Waals surface area contributed by atoms with Crippen molar-refractivity contribution < 1.29 is 69.8 Å². The Morgan fingerprint density at radius 1 is 0.638 bits per heavy atom. The minimum atomic E-state index is -1.81. The van der Waals surface area contributed by atoms with E-state index < -0.39 is 108 Å². The number of aliphatic hydroxyl groups is 8. The molecule has 0 spiro atoms. The highest BCUT2D eigenvalue weighted by atomic mass is 33.1. The van der Waals surface area contributed by atoms with Crippen LogP contribution in [-0.4, -0.2) is 174 Å². The summed E-state index contributed by atoms with van der Waals surface area (Å²) in [6.07, 6.45) is -13.1. The third-order valence-electron chi connectivity index (χ3n) is 8.85. The van der Waals surface area contributed by atoms with Crippen molar-refractivity contribution in [1.82, 2.24) is 21.3 Å². The number of ether oxygens (including phenoxy) is 2. The second-order valence-corrected chi connectivity index (χ2v) is 17.5. The topological polar surface area (TPSA) is 349 Å². The molecule has 2 amide bonds. The Morgan fingerprint density at radius 3 is 1.34 bits per heavy atom. The quantitative estimate of drug-likeness (QED) is 0.0265. The third kappa shape index (κ3) is 12.8. The zero-order valence-electron chi connectivity index (χ0n) is 30.2. The van der Waals surface area contributed by atoms with Gasteiger partial charge >= 0.3 is 0 Å². The number of carbonyl (C=O) groups excluding carboxylic acids is 2. The molecule has 22 nitrogen and oxygen atoms in total. The van der Waals surface area contributed by atoms with E-state index in [1.165, 1.54) is 36.4 Å². The fourth-order valence-electron chi connectivity index (χ4n) is 5.67. The van der Waals surface area contributed by atoms with E-state index in [9.17, 15) is 70.7 Å². The molecule has 12 atom stereocenters. The molecule has 2 aliphatic heterocycles. The summed E-state index contributed by atoms with van der Waals surface area (Å²) in [6.45, 7) is -1.54. The van der Waals surface area contributed by atoms with Crippen molar-refractivity contribution in [2.24, 2.45) is 0 Å². The van der Waals surface area contributed by atoms with Crippen LogP contribution in [0.2, 0.25) is 0 Å². The Balaban J connectivity index is 1.46. The molecule has 4 rings (SSSR count). The average molecular weight is 897 g/mol. The molecule has 26 heteroatoms. The molecule has 0 saturated carbocycles. The fourth-order valence-corrected chi connectivity index (χ4v) is 10.4. The summed E-state index contributed by atoms with van der Waals surface area (Å²) in [5, 5.41) is 115. The van der Waals surface area contributed by atoms with Crippen LogP contribution >= 0.6 is 43.2 Å². The van der Waals surface area contributed by atoms with Gasteiger partial charge in [-0.25, -0.2) is 0 Å². The van der Waals surface area contributed by atoms with Crippen LogP contribution in [0.25, 0.3) is 0 Å². The lowest BCUT2D eigenvalue weighted by molar-refractivity contribution is -0.387. The predicted octanol–water partition coefficient (Wildman–Crippen LogP) is -2.57. The van der Waals surface area contributed by atoms with Crippen molar-refractivity contribution in [3.8, 4) is 0 Å². The van der Waals surface area contributed by atoms with Crippen LogP contribution in [0.1, 0.15) is 0 Å². The minimum absolute atomic E-state index is 0.0449. The summed E-state index contributed by atoms with van der Waals surface area (Å²) in [7, 11) is 4.15. The standard InChI is InChI=1S/C32H44N6O16S4/c39-11-19-25(41)27(43)23(31(47)53-19)35-29(45)15(13-55-57-21-7-3-1-5-17(21)37(49)50)33-9-10-34-16(14-56-58-22-8-4-2-6-18(22)38(51)52)30(46)36-24-28(44)26(42)20(12-40)54-32(24)48/h1-8,15-16,19-20,23-28,31-34,39-44,47-48H,9-14H2,(H,35,45)(H,36,46)/t15-,16-,19+,20+,23?,24?,25+,26+,27+,28+,31?,32?/m0/s1. The molecule has 2 heterocycles. The van der Waals surface area contributed by atoms with Gasteiger partial charge in [-0.1, -0.05) is 67.4 Å². The first-order valence-corrected chi connectivity index (χ1v) is 22.1. The molecule has 58 heavy (non-hydrogen) atoms. The highest BCUT2D eigenvalue weighted by Crippen LogP contribution is 2.38. The van der Waals surface area contributed by atoms with E-state index in [1.807, 2.05) is 0 Å². The van der Waals surface area contributed by atoms with Gasteiger partial charge in [0.05, 0.1) is 44.9 Å². The summed E-state index contributed by atoms with van der Waals surface area (Å²) >= 11 is 0. The van der Waals surface area contributed by atoms with Crippen molar-refractivity contribution in [3.05, 3.63) is 68.8 Å². The fraction of sp³-hybridized carbons (Fsp3) is 0.562. The second kappa shape index (κ2) is 23.2. The van der Waals surface area contributed by atoms with E-state index in [4.69, 9.17) is 9.47 Å². The predicted molar refractivity (Wildman–Crippen MR) is 210 cm³/mol. The van der Waals surface area contributed by atoms with Crippen molar-refractivity contribution in [1.29, 1.82) is 0 Å². The van der Waals surface area contributed by atoms with Crippen LogP contribution in [0, 0.1) is 20.2 Å². The molecule has 2 aromatic rings. The van der Waals surface area contributed by atoms with Crippen LogP contribution in [0.3, 0.4) is 0 Å². The third-order valence-corrected chi connectivity index (χ3v) is 13.7. The lowest BCUT2D eigenvalue weighted by Gasteiger charge is -2.40. The molecule has 0 radical (unpaired) electrons. The van der Waals surface area contributed by atoms with Gasteiger partial charge in [0.1, 0.15) is 48.7 Å². The van der Waals surface area contributed by atoms with Gasteiger partial charge in [-0.2, -0.15) is 0 Å². The molecule has 0 aliphatic carbocycles. The number of hydrogen-bond donors (Lipinski definition) is 12. The number of amides is 2. The minimum Gasteiger partial charge on any atom is -0.394 e. The molecule has 0 bridgehead atoms. The molecule has 2 saturated heterocycles. The number of benzene rings is 2. The zero-order valence-corrected chi connectivity index (χ0v) is 33.4. The first-order valence-electron chi connectivity index (χ1n) is 17.4. The smallest absolute Gasteiger partial charge is 0.283 e. The van der Waals surface area contributed by atoms with Gasteiger partial charge in [-0.05, 0) is 12.1 Å². The van der Waals surface area contributed by atoms with Crippen LogP contribution < -0.4 is 21.3 Å². The molecular formula is C32H44N6O16S4. The molecular weight excluding hydrogens is 853 g/mol. The van der Waals surface area contributed by atoms with Crippen molar-refractivity contribution in [3.63, 3.8) is 0 Å². The van der Waals surface area contributed by atoms with E-state index in [2.05, 4.69) is 21.3 Å². The largest absolute Gasteiger partial charge is 0.394 e. The summed E-state index contributed by atoms with van der Waals surface area (Å²) < 4.78 is 10.3. The van der Waals surface area contributed by atoms with Gasteiger partial charge < -0.3 is 71.6 Å². The normalized spacial score (nSPS) is 28.3. The number of rotatable bonds is 21. The van der Waals surface area contributed by atoms with Crippen LogP contribution in [0.5, 0.6) is 0 Å². The maximum atomic E-state index is 13.6. The lowest BCUT2D eigenvalue weighted by atomic mass is 9.97. The van der Waals surface area contributed by atoms with Crippen molar-refractivity contribution >= 4 is 66.4 Å². The Hall–Kier alpha value is -2.90. The monoisotopic (exact) mass is 896 g/mol. The zero-order chi connectivity index (χ0) is 42.5. The van der Waals surface area contributed by atoms with Gasteiger partial charge in [-0.3, -0.25) is 29.8 Å². The molecule has 0 aromatic heterocycles. The summed E-state index contributed by atoms with van der Waals surface area (Å²) in [5.41, 5.74) is -0.332. The Labute approximate surface area is 345 Å². The van der Waals surface area contributed by atoms with Crippen LogP contribution in [0.4, 0.5) is 11.4 Å². The number of nitro benzene ring substituents is 2. The van der Waals surface area contributed by atoms with Gasteiger partial charge in [0.2, 0.25) is 11.8 Å². The number of nitro groups is 2. The Bertz CT molecular complexity index is 1570. The van der Waals surface area contributed by atoms with E-state index in [-0.39, 0.29) is 36.0 Å². The van der Waals surface area contributed by atoms with Crippen LogP contribution in [-0.2, 0) is 19.1 Å². The number of hydrogen-bond acceptors (Lipinski definition) is 22. The maximum absolute atomic E-state index is 13.6. The van der Waals surface area contributed by atoms with Crippen molar-refractivity contribution in [2.45, 2.75) is 83.2 Å². The highest BCUT2D eigenvalue weighted by Gasteiger charge is 2.46. The summed E-state index contributed by atoms with van der Waals surface area (Å²) in [5.74, 6) is -1.68. The highest BCUT2D eigenvalue weighted by molar-refractivity contribution is 8.77. The van der Waals surface area contributed by atoms with Gasteiger partial charge in [0.15, 0.2) is 12.6 Å².